The van der Waals surface area contributed by atoms with Crippen molar-refractivity contribution in [1.82, 2.24) is 4.90 Å². The largest absolute Gasteiger partial charge is 0.494 e. The van der Waals surface area contributed by atoms with Gasteiger partial charge in [0, 0.05) is 24.5 Å². The van der Waals surface area contributed by atoms with Crippen molar-refractivity contribution in [2.75, 3.05) is 20.2 Å². The molecule has 0 aliphatic rings. The number of rotatable bonds is 8. The molecule has 0 N–H and O–H groups in total. The fourth-order valence-electron chi connectivity index (χ4n) is 2.27. The van der Waals surface area contributed by atoms with Crippen LogP contribution in [0.25, 0.3) is 0 Å². The van der Waals surface area contributed by atoms with Gasteiger partial charge in [-0.2, -0.15) is 0 Å². The number of carbonyl (C=O) groups is 1. The molecule has 0 spiro atoms. The van der Waals surface area contributed by atoms with Crippen LogP contribution in [-0.2, 0) is 11.2 Å². The predicted octanol–water partition coefficient (Wildman–Crippen LogP) is 4.31. The van der Waals surface area contributed by atoms with Gasteiger partial charge in [-0.15, -0.1) is 0 Å². The number of hydrogen-bond acceptors (Lipinski definition) is 2. The lowest BCUT2D eigenvalue weighted by molar-refractivity contribution is -0.129. The Morgan fingerprint density at radius 3 is 2.52 bits per heavy atom. The molecule has 0 atom stereocenters. The minimum atomic E-state index is 0.167. The molecule has 122 valence electrons. The van der Waals surface area contributed by atoms with E-state index in [1.54, 1.807) is 4.90 Å². The van der Waals surface area contributed by atoms with Gasteiger partial charge in [-0.05, 0) is 36.6 Å². The third-order valence-electron chi connectivity index (χ3n) is 3.64. The van der Waals surface area contributed by atoms with E-state index < -0.39 is 0 Å². The van der Waals surface area contributed by atoms with Gasteiger partial charge in [0.15, 0.2) is 0 Å². The van der Waals surface area contributed by atoms with Gasteiger partial charge in [0.2, 0.25) is 5.91 Å². The number of ether oxygens (including phenoxy) is 1. The smallest absolute Gasteiger partial charge is 0.222 e. The molecule has 0 saturated heterocycles. The summed E-state index contributed by atoms with van der Waals surface area (Å²) < 4.78 is 6.70. The first kappa shape index (κ1) is 17.5. The molecule has 4 heteroatoms. The minimum absolute atomic E-state index is 0.167. The van der Waals surface area contributed by atoms with Crippen LogP contribution < -0.4 is 4.74 Å². The van der Waals surface area contributed by atoms with Crippen LogP contribution >= 0.6 is 15.9 Å². The first-order chi connectivity index (χ1) is 11.2. The van der Waals surface area contributed by atoms with E-state index in [0.29, 0.717) is 19.6 Å². The SMILES string of the molecule is CN(CCCOc1ccccc1)C(=O)CCc1ccccc1Br. The first-order valence-corrected chi connectivity index (χ1v) is 8.61. The summed E-state index contributed by atoms with van der Waals surface area (Å²) in [5, 5.41) is 0. The Hall–Kier alpha value is -1.81. The molecule has 0 aromatic heterocycles. The van der Waals surface area contributed by atoms with Gasteiger partial charge in [0.1, 0.15) is 5.75 Å². The fraction of sp³-hybridized carbons (Fsp3) is 0.316. The second-order valence-electron chi connectivity index (χ2n) is 5.42. The van der Waals surface area contributed by atoms with Crippen molar-refractivity contribution in [2.45, 2.75) is 19.3 Å². The van der Waals surface area contributed by atoms with Crippen LogP contribution in [0, 0.1) is 0 Å². The maximum absolute atomic E-state index is 12.2. The van der Waals surface area contributed by atoms with E-state index >= 15 is 0 Å². The number of halogens is 1. The molecule has 0 fully saturated rings. The lowest BCUT2D eigenvalue weighted by atomic mass is 10.1. The number of nitrogens with zero attached hydrogens (tertiary/aromatic N) is 1. The Balaban J connectivity index is 1.66. The lowest BCUT2D eigenvalue weighted by Crippen LogP contribution is -2.28. The summed E-state index contributed by atoms with van der Waals surface area (Å²) in [6, 6.07) is 17.8. The highest BCUT2D eigenvalue weighted by molar-refractivity contribution is 9.10. The van der Waals surface area contributed by atoms with Crippen LogP contribution in [0.2, 0.25) is 0 Å². The number of amides is 1. The number of aryl methyl sites for hydroxylation is 1. The van der Waals surface area contributed by atoms with Crippen LogP contribution in [0.1, 0.15) is 18.4 Å². The summed E-state index contributed by atoms with van der Waals surface area (Å²) in [7, 11) is 1.85. The summed E-state index contributed by atoms with van der Waals surface area (Å²) in [5.41, 5.74) is 1.17. The van der Waals surface area contributed by atoms with Crippen molar-refractivity contribution < 1.29 is 9.53 Å². The lowest BCUT2D eigenvalue weighted by Gasteiger charge is -2.17. The molecule has 0 aliphatic carbocycles. The van der Waals surface area contributed by atoms with Crippen molar-refractivity contribution in [2.24, 2.45) is 0 Å². The van der Waals surface area contributed by atoms with Crippen LogP contribution in [0.3, 0.4) is 0 Å². The Morgan fingerprint density at radius 2 is 1.78 bits per heavy atom. The Labute approximate surface area is 146 Å². The van der Waals surface area contributed by atoms with Gasteiger partial charge < -0.3 is 9.64 Å². The topological polar surface area (TPSA) is 29.5 Å². The van der Waals surface area contributed by atoms with Gasteiger partial charge in [0.05, 0.1) is 6.61 Å². The van der Waals surface area contributed by atoms with E-state index in [9.17, 15) is 4.79 Å². The first-order valence-electron chi connectivity index (χ1n) is 7.82. The summed E-state index contributed by atoms with van der Waals surface area (Å²) in [5.74, 6) is 1.04. The number of hydrogen-bond donors (Lipinski definition) is 0. The third kappa shape index (κ3) is 6.06. The molecule has 3 nitrogen and oxygen atoms in total. The van der Waals surface area contributed by atoms with Gasteiger partial charge in [0.25, 0.3) is 0 Å². The van der Waals surface area contributed by atoms with Crippen molar-refractivity contribution >= 4 is 21.8 Å². The average Bonchev–Trinajstić information content (AvgIpc) is 2.58. The van der Waals surface area contributed by atoms with Crippen LogP contribution in [0.15, 0.2) is 59.1 Å². The van der Waals surface area contributed by atoms with Crippen LogP contribution in [0.4, 0.5) is 0 Å². The van der Waals surface area contributed by atoms with E-state index in [1.807, 2.05) is 61.6 Å². The summed E-state index contributed by atoms with van der Waals surface area (Å²) >= 11 is 3.52. The van der Waals surface area contributed by atoms with E-state index in [-0.39, 0.29) is 5.91 Å². The maximum atomic E-state index is 12.2. The molecule has 0 radical (unpaired) electrons. The average molecular weight is 376 g/mol. The Bertz CT molecular complexity index is 616. The maximum Gasteiger partial charge on any atom is 0.222 e. The van der Waals surface area contributed by atoms with E-state index in [4.69, 9.17) is 4.74 Å². The Kier molecular flexibility index (Phi) is 7.14. The zero-order valence-corrected chi connectivity index (χ0v) is 15.0. The molecule has 1 amide bonds. The number of carbonyl (C=O) groups excluding carboxylic acids is 1. The monoisotopic (exact) mass is 375 g/mol. The summed E-state index contributed by atoms with van der Waals surface area (Å²) in [6.45, 7) is 1.33. The fourth-order valence-corrected chi connectivity index (χ4v) is 2.75. The highest BCUT2D eigenvalue weighted by atomic mass is 79.9. The van der Waals surface area contributed by atoms with E-state index in [1.165, 1.54) is 5.56 Å². The third-order valence-corrected chi connectivity index (χ3v) is 4.42. The molecule has 0 saturated carbocycles. The number of para-hydroxylation sites is 1. The van der Waals surface area contributed by atoms with Gasteiger partial charge >= 0.3 is 0 Å². The second-order valence-corrected chi connectivity index (χ2v) is 6.28. The van der Waals surface area contributed by atoms with Crippen molar-refractivity contribution in [3.05, 3.63) is 64.6 Å². The molecule has 23 heavy (non-hydrogen) atoms. The molecule has 2 rings (SSSR count). The van der Waals surface area contributed by atoms with Gasteiger partial charge in [-0.1, -0.05) is 52.3 Å². The van der Waals surface area contributed by atoms with E-state index in [0.717, 1.165) is 23.1 Å². The van der Waals surface area contributed by atoms with Gasteiger partial charge in [-0.3, -0.25) is 4.79 Å². The molecule has 2 aromatic rings. The van der Waals surface area contributed by atoms with Crippen molar-refractivity contribution in [3.8, 4) is 5.75 Å². The summed E-state index contributed by atoms with van der Waals surface area (Å²) in [6.07, 6.45) is 2.11. The highest BCUT2D eigenvalue weighted by Crippen LogP contribution is 2.17. The van der Waals surface area contributed by atoms with Crippen LogP contribution in [0.5, 0.6) is 5.75 Å². The standard InChI is InChI=1S/C19H22BrNO2/c1-21(14-7-15-23-17-9-3-2-4-10-17)19(22)13-12-16-8-5-6-11-18(16)20/h2-6,8-11H,7,12-15H2,1H3. The molecule has 0 bridgehead atoms. The van der Waals surface area contributed by atoms with E-state index in [2.05, 4.69) is 15.9 Å². The summed E-state index contributed by atoms with van der Waals surface area (Å²) in [4.78, 5) is 13.9. The quantitative estimate of drug-likeness (QED) is 0.643. The molecular formula is C19H22BrNO2. The van der Waals surface area contributed by atoms with Crippen molar-refractivity contribution in [3.63, 3.8) is 0 Å². The second kappa shape index (κ2) is 9.36. The minimum Gasteiger partial charge on any atom is -0.494 e. The molecule has 0 unspecified atom stereocenters. The Morgan fingerprint density at radius 1 is 1.09 bits per heavy atom. The van der Waals surface area contributed by atoms with Crippen molar-refractivity contribution in [1.29, 1.82) is 0 Å². The zero-order chi connectivity index (χ0) is 16.5. The predicted molar refractivity (Wildman–Crippen MR) is 96.7 cm³/mol. The molecule has 0 heterocycles. The highest BCUT2D eigenvalue weighted by Gasteiger charge is 2.09. The molecule has 2 aromatic carbocycles. The normalized spacial score (nSPS) is 10.3. The van der Waals surface area contributed by atoms with Gasteiger partial charge in [-0.25, -0.2) is 0 Å². The zero-order valence-electron chi connectivity index (χ0n) is 13.4. The van der Waals surface area contributed by atoms with Crippen LogP contribution in [-0.4, -0.2) is 31.0 Å². The molecular weight excluding hydrogens is 354 g/mol. The number of benzene rings is 2. The molecule has 0 aliphatic heterocycles.